The molecule has 0 saturated heterocycles. The van der Waals surface area contributed by atoms with E-state index in [1.165, 1.54) is 186 Å². The maximum atomic E-state index is 2.55. The zero-order chi connectivity index (χ0) is 27.4. The first-order chi connectivity index (χ1) is 18.8. The van der Waals surface area contributed by atoms with Gasteiger partial charge in [0.2, 0.25) is 0 Å². The van der Waals surface area contributed by atoms with Gasteiger partial charge >= 0.3 is 0 Å². The molecule has 0 aliphatic carbocycles. The minimum atomic E-state index is 1.21. The number of rotatable bonds is 29. The van der Waals surface area contributed by atoms with Gasteiger partial charge in [0.15, 0.2) is 12.4 Å². The number of pyridine rings is 1. The average Bonchev–Trinajstić information content (AvgIpc) is 2.92. The third-order valence-corrected chi connectivity index (χ3v) is 8.44. The molecule has 0 amide bonds. The van der Waals surface area contributed by atoms with Crippen molar-refractivity contribution in [2.75, 3.05) is 0 Å². The Hall–Kier alpha value is -0.850. The lowest BCUT2D eigenvalue weighted by Crippen LogP contribution is -2.34. The fraction of sp³-hybridized carbons (Fsp3) is 0.865. The summed E-state index contributed by atoms with van der Waals surface area (Å²) < 4.78 is 2.55. The molecule has 0 bridgehead atoms. The smallest absolute Gasteiger partial charge is 0.171 e. The summed E-state index contributed by atoms with van der Waals surface area (Å²) >= 11 is 0. The molecule has 1 rings (SSSR count). The minimum Gasteiger partial charge on any atom is -0.205 e. The SMILES string of the molecule is CCCCCCCCCCCCCCCC[n+]1cc(CCCCCCCC)cc(CCCCCCCC)c1. The van der Waals surface area contributed by atoms with Gasteiger partial charge in [-0.05, 0) is 38.2 Å². The molecule has 0 radical (unpaired) electrons. The molecular formula is C37H70N+. The fourth-order valence-electron chi connectivity index (χ4n) is 5.89. The van der Waals surface area contributed by atoms with Gasteiger partial charge in [0.25, 0.3) is 0 Å². The van der Waals surface area contributed by atoms with E-state index in [0.717, 1.165) is 0 Å². The molecule has 0 fully saturated rings. The van der Waals surface area contributed by atoms with Crippen LogP contribution in [-0.2, 0) is 19.4 Å². The standard InChI is InChI=1S/C37H70N/c1-4-7-10-13-16-17-18-19-20-21-22-23-26-29-32-38-34-36(30-27-24-14-11-8-5-2)33-37(35-38)31-28-25-15-12-9-6-3/h33-35H,4-32H2,1-3H3/q+1. The van der Waals surface area contributed by atoms with E-state index in [1.54, 1.807) is 11.1 Å². The fourth-order valence-corrected chi connectivity index (χ4v) is 5.89. The third kappa shape index (κ3) is 22.0. The van der Waals surface area contributed by atoms with Crippen LogP contribution >= 0.6 is 0 Å². The number of hydrogen-bond donors (Lipinski definition) is 0. The van der Waals surface area contributed by atoms with Gasteiger partial charge in [-0.1, -0.05) is 162 Å². The van der Waals surface area contributed by atoms with Crippen LogP contribution in [0.2, 0.25) is 0 Å². The van der Waals surface area contributed by atoms with Crippen LogP contribution in [0.5, 0.6) is 0 Å². The Bertz CT molecular complexity index is 572. The largest absolute Gasteiger partial charge is 0.205 e. The van der Waals surface area contributed by atoms with Crippen molar-refractivity contribution in [3.8, 4) is 0 Å². The van der Waals surface area contributed by atoms with Crippen LogP contribution in [0, 0.1) is 0 Å². The van der Waals surface area contributed by atoms with Gasteiger partial charge in [-0.25, -0.2) is 4.57 Å². The summed E-state index contributed by atoms with van der Waals surface area (Å²) in [7, 11) is 0. The third-order valence-electron chi connectivity index (χ3n) is 8.44. The van der Waals surface area contributed by atoms with Crippen molar-refractivity contribution < 1.29 is 4.57 Å². The molecule has 0 aliphatic heterocycles. The summed E-state index contributed by atoms with van der Waals surface area (Å²) in [6, 6.07) is 2.54. The van der Waals surface area contributed by atoms with Gasteiger partial charge in [-0.3, -0.25) is 0 Å². The van der Waals surface area contributed by atoms with Crippen LogP contribution in [-0.4, -0.2) is 0 Å². The molecule has 1 heteroatoms. The molecule has 0 atom stereocenters. The first-order valence-corrected chi connectivity index (χ1v) is 17.8. The summed E-state index contributed by atoms with van der Waals surface area (Å²) in [5.41, 5.74) is 3.18. The van der Waals surface area contributed by atoms with Crippen molar-refractivity contribution >= 4 is 0 Å². The first kappa shape index (κ1) is 35.2. The highest BCUT2D eigenvalue weighted by molar-refractivity contribution is 5.15. The maximum Gasteiger partial charge on any atom is 0.171 e. The molecule has 1 heterocycles. The monoisotopic (exact) mass is 529 g/mol. The number of nitrogens with zero attached hydrogens (tertiary/aromatic N) is 1. The molecule has 38 heavy (non-hydrogen) atoms. The van der Waals surface area contributed by atoms with Gasteiger partial charge in [0.05, 0.1) is 0 Å². The highest BCUT2D eigenvalue weighted by atomic mass is 14.9. The van der Waals surface area contributed by atoms with E-state index in [0.29, 0.717) is 0 Å². The Morgan fingerprint density at radius 1 is 0.368 bits per heavy atom. The van der Waals surface area contributed by atoms with E-state index in [9.17, 15) is 0 Å². The van der Waals surface area contributed by atoms with Crippen LogP contribution in [0.3, 0.4) is 0 Å². The molecule has 222 valence electrons. The zero-order valence-corrected chi connectivity index (χ0v) is 26.7. The molecule has 1 aromatic heterocycles. The summed E-state index contributed by atoms with van der Waals surface area (Å²) in [5.74, 6) is 0. The molecular weight excluding hydrogens is 458 g/mol. The van der Waals surface area contributed by atoms with Crippen LogP contribution in [0.25, 0.3) is 0 Å². The lowest BCUT2D eigenvalue weighted by Gasteiger charge is -2.07. The summed E-state index contributed by atoms with van der Waals surface area (Å²) in [5, 5.41) is 0. The van der Waals surface area contributed by atoms with Gasteiger partial charge < -0.3 is 0 Å². The first-order valence-electron chi connectivity index (χ1n) is 17.8. The summed E-state index contributed by atoms with van der Waals surface area (Å²) in [6.45, 7) is 8.14. The molecule has 0 saturated carbocycles. The lowest BCUT2D eigenvalue weighted by molar-refractivity contribution is -0.698. The van der Waals surface area contributed by atoms with E-state index in [-0.39, 0.29) is 0 Å². The number of aryl methyl sites for hydroxylation is 3. The number of hydrogen-bond acceptors (Lipinski definition) is 0. The second-order valence-corrected chi connectivity index (χ2v) is 12.4. The molecule has 0 aromatic carbocycles. The Kier molecular flexibility index (Phi) is 25.6. The number of unbranched alkanes of at least 4 members (excludes halogenated alkanes) is 23. The molecule has 0 spiro atoms. The normalized spacial score (nSPS) is 11.4. The van der Waals surface area contributed by atoms with Gasteiger partial charge in [0.1, 0.15) is 6.54 Å². The highest BCUT2D eigenvalue weighted by Crippen LogP contribution is 2.15. The van der Waals surface area contributed by atoms with Crippen LogP contribution in [0.1, 0.15) is 199 Å². The topological polar surface area (TPSA) is 3.88 Å². The number of aromatic nitrogens is 1. The second kappa shape index (κ2) is 27.7. The summed E-state index contributed by atoms with van der Waals surface area (Å²) in [6.07, 6.45) is 44.4. The Labute approximate surface area is 241 Å². The van der Waals surface area contributed by atoms with E-state index in [2.05, 4.69) is 43.8 Å². The van der Waals surface area contributed by atoms with E-state index >= 15 is 0 Å². The Balaban J connectivity index is 2.27. The Morgan fingerprint density at radius 2 is 0.658 bits per heavy atom. The summed E-state index contributed by atoms with van der Waals surface area (Å²) in [4.78, 5) is 0. The van der Waals surface area contributed by atoms with Crippen molar-refractivity contribution in [1.29, 1.82) is 0 Å². The molecule has 1 aromatic rings. The van der Waals surface area contributed by atoms with Crippen LogP contribution in [0.15, 0.2) is 18.5 Å². The minimum absolute atomic E-state index is 1.21. The van der Waals surface area contributed by atoms with Crippen molar-refractivity contribution in [1.82, 2.24) is 0 Å². The zero-order valence-electron chi connectivity index (χ0n) is 26.7. The molecule has 0 aliphatic rings. The predicted molar refractivity (Wildman–Crippen MR) is 171 cm³/mol. The quantitative estimate of drug-likeness (QED) is 0.0719. The highest BCUT2D eigenvalue weighted by Gasteiger charge is 2.08. The lowest BCUT2D eigenvalue weighted by atomic mass is 10.0. The van der Waals surface area contributed by atoms with Crippen molar-refractivity contribution in [2.45, 2.75) is 207 Å². The second-order valence-electron chi connectivity index (χ2n) is 12.4. The van der Waals surface area contributed by atoms with E-state index < -0.39 is 0 Å². The molecule has 0 unspecified atom stereocenters. The van der Waals surface area contributed by atoms with Crippen molar-refractivity contribution in [3.05, 3.63) is 29.6 Å². The van der Waals surface area contributed by atoms with E-state index in [4.69, 9.17) is 0 Å². The Morgan fingerprint density at radius 3 is 1.00 bits per heavy atom. The van der Waals surface area contributed by atoms with Gasteiger partial charge in [-0.15, -0.1) is 0 Å². The predicted octanol–water partition coefficient (Wildman–Crippen LogP) is 12.3. The van der Waals surface area contributed by atoms with Crippen molar-refractivity contribution in [2.24, 2.45) is 0 Å². The van der Waals surface area contributed by atoms with E-state index in [1.807, 2.05) is 0 Å². The van der Waals surface area contributed by atoms with Gasteiger partial charge in [0, 0.05) is 17.5 Å². The molecule has 1 nitrogen and oxygen atoms in total. The van der Waals surface area contributed by atoms with Crippen LogP contribution in [0.4, 0.5) is 0 Å². The van der Waals surface area contributed by atoms with Crippen LogP contribution < -0.4 is 4.57 Å². The maximum absolute atomic E-state index is 2.55. The average molecular weight is 529 g/mol. The van der Waals surface area contributed by atoms with Gasteiger partial charge in [-0.2, -0.15) is 0 Å². The van der Waals surface area contributed by atoms with Crippen molar-refractivity contribution in [3.63, 3.8) is 0 Å². The molecule has 0 N–H and O–H groups in total.